The van der Waals surface area contributed by atoms with Gasteiger partial charge in [0.2, 0.25) is 11.8 Å². The molecular weight excluding hydrogens is 341 g/mol. The second-order valence-electron chi connectivity index (χ2n) is 5.77. The summed E-state index contributed by atoms with van der Waals surface area (Å²) in [4.78, 5) is 24.6. The summed E-state index contributed by atoms with van der Waals surface area (Å²) in [5, 5.41) is 4.64. The maximum Gasteiger partial charge on any atom is 0.416 e. The van der Waals surface area contributed by atoms with E-state index in [9.17, 15) is 22.8 Å². The van der Waals surface area contributed by atoms with Crippen molar-refractivity contribution in [2.75, 3.05) is 5.32 Å². The zero-order valence-electron chi connectivity index (χ0n) is 13.4. The second-order valence-corrected chi connectivity index (χ2v) is 7.01. The first kappa shape index (κ1) is 18.6. The Labute approximate surface area is 142 Å². The standard InChI is InChI=1S/C16H19F3N2O2S/c1-3-4-9(2)20-14(22)8-13-15(23)21-11-7-10(16(17,18)19)5-6-12(11)24-13/h5-7,9,13H,3-4,8H2,1-2H3,(H,20,22)(H,21,23)/t9-,13+/m1/s1. The van der Waals surface area contributed by atoms with Gasteiger partial charge < -0.3 is 10.6 Å². The molecule has 24 heavy (non-hydrogen) atoms. The first-order chi connectivity index (χ1) is 11.2. The van der Waals surface area contributed by atoms with Crippen molar-refractivity contribution in [3.63, 3.8) is 0 Å². The number of anilines is 1. The number of rotatable bonds is 5. The van der Waals surface area contributed by atoms with Gasteiger partial charge in [-0.1, -0.05) is 13.3 Å². The molecule has 0 radical (unpaired) electrons. The number of fused-ring (bicyclic) bond motifs is 1. The minimum atomic E-state index is -4.46. The van der Waals surface area contributed by atoms with Gasteiger partial charge >= 0.3 is 6.18 Å². The Morgan fingerprint density at radius 3 is 2.75 bits per heavy atom. The molecule has 0 unspecified atom stereocenters. The van der Waals surface area contributed by atoms with Crippen LogP contribution in [-0.2, 0) is 15.8 Å². The van der Waals surface area contributed by atoms with Gasteiger partial charge in [-0.2, -0.15) is 13.2 Å². The quantitative estimate of drug-likeness (QED) is 0.839. The number of benzene rings is 1. The highest BCUT2D eigenvalue weighted by Gasteiger charge is 2.34. The monoisotopic (exact) mass is 360 g/mol. The molecule has 0 saturated heterocycles. The predicted molar refractivity (Wildman–Crippen MR) is 86.8 cm³/mol. The van der Waals surface area contributed by atoms with E-state index in [0.717, 1.165) is 36.7 Å². The molecule has 0 bridgehead atoms. The fourth-order valence-corrected chi connectivity index (χ4v) is 3.56. The molecule has 1 aliphatic rings. The fourth-order valence-electron chi connectivity index (χ4n) is 2.47. The van der Waals surface area contributed by atoms with E-state index >= 15 is 0 Å². The van der Waals surface area contributed by atoms with Crippen LogP contribution in [0.1, 0.15) is 38.7 Å². The van der Waals surface area contributed by atoms with Gasteiger partial charge in [0, 0.05) is 17.4 Å². The smallest absolute Gasteiger partial charge is 0.354 e. The van der Waals surface area contributed by atoms with Gasteiger partial charge in [0.05, 0.1) is 16.5 Å². The Bertz CT molecular complexity index is 634. The maximum absolute atomic E-state index is 12.7. The zero-order valence-corrected chi connectivity index (χ0v) is 14.2. The molecule has 0 saturated carbocycles. The molecule has 1 aromatic carbocycles. The summed E-state index contributed by atoms with van der Waals surface area (Å²) in [7, 11) is 0. The topological polar surface area (TPSA) is 58.2 Å². The minimum absolute atomic E-state index is 0.00891. The Kier molecular flexibility index (Phi) is 5.79. The average molecular weight is 360 g/mol. The minimum Gasteiger partial charge on any atom is -0.354 e. The molecule has 1 heterocycles. The van der Waals surface area contributed by atoms with Crippen LogP contribution >= 0.6 is 11.8 Å². The predicted octanol–water partition coefficient (Wildman–Crippen LogP) is 3.81. The van der Waals surface area contributed by atoms with Crippen molar-refractivity contribution < 1.29 is 22.8 Å². The Hall–Kier alpha value is -1.70. The van der Waals surface area contributed by atoms with Crippen LogP contribution in [0.25, 0.3) is 0 Å². The number of hydrogen-bond acceptors (Lipinski definition) is 3. The van der Waals surface area contributed by atoms with E-state index in [4.69, 9.17) is 0 Å². The van der Waals surface area contributed by atoms with Crippen LogP contribution < -0.4 is 10.6 Å². The SMILES string of the molecule is CCC[C@@H](C)NC(=O)C[C@@H]1Sc2ccc(C(F)(F)F)cc2NC1=O. The molecule has 0 aliphatic carbocycles. The van der Waals surface area contributed by atoms with E-state index in [1.807, 2.05) is 13.8 Å². The first-order valence-corrected chi connectivity index (χ1v) is 8.56. The molecular formula is C16H19F3N2O2S. The van der Waals surface area contributed by atoms with Gasteiger partial charge in [-0.15, -0.1) is 11.8 Å². The molecule has 1 aromatic rings. The number of amides is 2. The summed E-state index contributed by atoms with van der Waals surface area (Å²) in [6.45, 7) is 3.91. The highest BCUT2D eigenvalue weighted by molar-refractivity contribution is 8.01. The van der Waals surface area contributed by atoms with Crippen molar-refractivity contribution in [3.05, 3.63) is 23.8 Å². The van der Waals surface area contributed by atoms with Crippen molar-refractivity contribution in [2.45, 2.75) is 55.5 Å². The van der Waals surface area contributed by atoms with Crippen molar-refractivity contribution in [1.29, 1.82) is 0 Å². The van der Waals surface area contributed by atoms with Gasteiger partial charge in [-0.3, -0.25) is 9.59 Å². The number of nitrogens with one attached hydrogen (secondary N) is 2. The fraction of sp³-hybridized carbons (Fsp3) is 0.500. The van der Waals surface area contributed by atoms with Gasteiger partial charge in [0.1, 0.15) is 0 Å². The third kappa shape index (κ3) is 4.66. The third-order valence-corrected chi connectivity index (χ3v) is 4.90. The Balaban J connectivity index is 2.05. The molecule has 1 aliphatic heterocycles. The van der Waals surface area contributed by atoms with Crippen molar-refractivity contribution >= 4 is 29.3 Å². The lowest BCUT2D eigenvalue weighted by atomic mass is 10.1. The zero-order chi connectivity index (χ0) is 17.9. The van der Waals surface area contributed by atoms with Crippen LogP contribution in [0.15, 0.2) is 23.1 Å². The van der Waals surface area contributed by atoms with E-state index in [-0.39, 0.29) is 24.1 Å². The lowest BCUT2D eigenvalue weighted by molar-refractivity contribution is -0.137. The molecule has 2 atom stereocenters. The van der Waals surface area contributed by atoms with Crippen molar-refractivity contribution in [3.8, 4) is 0 Å². The summed E-state index contributed by atoms with van der Waals surface area (Å²) >= 11 is 1.11. The number of carbonyl (C=O) groups is 2. The summed E-state index contributed by atoms with van der Waals surface area (Å²) in [6.07, 6.45) is -2.69. The van der Waals surface area contributed by atoms with Crippen molar-refractivity contribution in [1.82, 2.24) is 5.32 Å². The maximum atomic E-state index is 12.7. The van der Waals surface area contributed by atoms with E-state index < -0.39 is 22.9 Å². The first-order valence-electron chi connectivity index (χ1n) is 7.68. The summed E-state index contributed by atoms with van der Waals surface area (Å²) in [5.41, 5.74) is -0.678. The molecule has 0 spiro atoms. The Morgan fingerprint density at radius 1 is 1.42 bits per heavy atom. The molecule has 132 valence electrons. The van der Waals surface area contributed by atoms with E-state index in [2.05, 4.69) is 10.6 Å². The lowest BCUT2D eigenvalue weighted by Crippen LogP contribution is -2.38. The summed E-state index contributed by atoms with van der Waals surface area (Å²) in [5.74, 6) is -0.691. The molecule has 4 nitrogen and oxygen atoms in total. The van der Waals surface area contributed by atoms with Crippen LogP contribution in [-0.4, -0.2) is 23.1 Å². The number of halogens is 3. The number of alkyl halides is 3. The summed E-state index contributed by atoms with van der Waals surface area (Å²) < 4.78 is 38.1. The molecule has 8 heteroatoms. The van der Waals surface area contributed by atoms with Crippen LogP contribution in [0.4, 0.5) is 18.9 Å². The van der Waals surface area contributed by atoms with Crippen LogP contribution in [0.2, 0.25) is 0 Å². The average Bonchev–Trinajstić information content (AvgIpc) is 2.46. The highest BCUT2D eigenvalue weighted by Crippen LogP contribution is 2.40. The van der Waals surface area contributed by atoms with Crippen LogP contribution in [0.3, 0.4) is 0 Å². The Morgan fingerprint density at radius 2 is 2.12 bits per heavy atom. The van der Waals surface area contributed by atoms with Gasteiger partial charge in [-0.05, 0) is 31.5 Å². The van der Waals surface area contributed by atoms with Crippen LogP contribution in [0.5, 0.6) is 0 Å². The second kappa shape index (κ2) is 7.46. The highest BCUT2D eigenvalue weighted by atomic mass is 32.2. The van der Waals surface area contributed by atoms with Gasteiger partial charge in [0.15, 0.2) is 0 Å². The largest absolute Gasteiger partial charge is 0.416 e. The third-order valence-electron chi connectivity index (χ3n) is 3.63. The molecule has 2 rings (SSSR count). The van der Waals surface area contributed by atoms with Gasteiger partial charge in [0.25, 0.3) is 0 Å². The van der Waals surface area contributed by atoms with Crippen molar-refractivity contribution in [2.24, 2.45) is 0 Å². The lowest BCUT2D eigenvalue weighted by Gasteiger charge is -2.25. The molecule has 2 N–H and O–H groups in total. The number of carbonyl (C=O) groups excluding carboxylic acids is 2. The van der Waals surface area contributed by atoms with Gasteiger partial charge in [-0.25, -0.2) is 0 Å². The normalized spacial score (nSPS) is 18.5. The molecule has 0 aromatic heterocycles. The van der Waals surface area contributed by atoms with Crippen LogP contribution in [0, 0.1) is 0 Å². The number of thioether (sulfide) groups is 1. The van der Waals surface area contributed by atoms with E-state index in [1.165, 1.54) is 6.07 Å². The molecule has 0 fully saturated rings. The summed E-state index contributed by atoms with van der Waals surface area (Å²) in [6, 6.07) is 3.25. The molecule has 2 amide bonds. The van der Waals surface area contributed by atoms with E-state index in [1.54, 1.807) is 0 Å². The van der Waals surface area contributed by atoms with E-state index in [0.29, 0.717) is 4.90 Å². The number of hydrogen-bond donors (Lipinski definition) is 2.